The number of amides is 1. The molecule has 0 aliphatic carbocycles. The maximum Gasteiger partial charge on any atom is 0.255 e. The van der Waals surface area contributed by atoms with Gasteiger partial charge in [0.1, 0.15) is 5.82 Å². The van der Waals surface area contributed by atoms with Gasteiger partial charge in [-0.1, -0.05) is 13.8 Å². The van der Waals surface area contributed by atoms with E-state index in [0.717, 1.165) is 31.7 Å². The van der Waals surface area contributed by atoms with Gasteiger partial charge in [-0.25, -0.2) is 4.98 Å². The molecule has 22 heavy (non-hydrogen) atoms. The number of aliphatic hydroxyl groups excluding tert-OH is 1. The Hall–Kier alpha value is -1.62. The van der Waals surface area contributed by atoms with Crippen molar-refractivity contribution in [3.8, 4) is 0 Å². The van der Waals surface area contributed by atoms with Gasteiger partial charge in [-0.2, -0.15) is 0 Å². The third kappa shape index (κ3) is 4.44. The van der Waals surface area contributed by atoms with E-state index in [2.05, 4.69) is 15.2 Å². The van der Waals surface area contributed by atoms with Crippen LogP contribution in [0.4, 0.5) is 5.82 Å². The summed E-state index contributed by atoms with van der Waals surface area (Å²) in [5, 5.41) is 12.5. The number of carbonyl (C=O) groups is 1. The monoisotopic (exact) mass is 305 g/mol. The molecule has 1 unspecified atom stereocenters. The van der Waals surface area contributed by atoms with E-state index in [0.29, 0.717) is 18.5 Å². The van der Waals surface area contributed by atoms with Crippen LogP contribution in [0.2, 0.25) is 0 Å². The zero-order valence-electron chi connectivity index (χ0n) is 13.8. The lowest BCUT2D eigenvalue weighted by molar-refractivity contribution is 0.0902. The van der Waals surface area contributed by atoms with Crippen molar-refractivity contribution in [1.82, 2.24) is 10.3 Å². The van der Waals surface area contributed by atoms with Crippen molar-refractivity contribution in [2.75, 3.05) is 24.5 Å². The van der Waals surface area contributed by atoms with Gasteiger partial charge in [-0.15, -0.1) is 0 Å². The Balaban J connectivity index is 2.03. The number of anilines is 1. The molecular formula is C17H27N3O2. The summed E-state index contributed by atoms with van der Waals surface area (Å²) in [6.07, 6.45) is 4.32. The van der Waals surface area contributed by atoms with Crippen molar-refractivity contribution in [3.63, 3.8) is 0 Å². The third-order valence-electron chi connectivity index (χ3n) is 4.01. The standard InChI is InChI=1S/C17H27N3O2/c1-13(21)11-17(2,3)12-19-16(22)14-7-6-8-18-15(14)20-9-4-5-10-20/h6-8,13,21H,4-5,9-12H2,1-3H3,(H,19,22). The van der Waals surface area contributed by atoms with E-state index in [4.69, 9.17) is 0 Å². The maximum absolute atomic E-state index is 12.5. The van der Waals surface area contributed by atoms with Crippen LogP contribution in [0.25, 0.3) is 0 Å². The summed E-state index contributed by atoms with van der Waals surface area (Å²) in [6, 6.07) is 3.63. The number of nitrogens with one attached hydrogen (secondary N) is 1. The molecule has 0 saturated carbocycles. The summed E-state index contributed by atoms with van der Waals surface area (Å²) >= 11 is 0. The molecule has 0 spiro atoms. The molecule has 1 amide bonds. The molecule has 2 N–H and O–H groups in total. The second kappa shape index (κ2) is 7.09. The number of carbonyl (C=O) groups excluding carboxylic acids is 1. The van der Waals surface area contributed by atoms with Crippen LogP contribution in [0.5, 0.6) is 0 Å². The first-order valence-corrected chi connectivity index (χ1v) is 8.05. The fraction of sp³-hybridized carbons (Fsp3) is 0.647. The van der Waals surface area contributed by atoms with Gasteiger partial charge in [-0.3, -0.25) is 4.79 Å². The molecule has 1 fully saturated rings. The number of nitrogens with zero attached hydrogens (tertiary/aromatic N) is 2. The zero-order valence-corrected chi connectivity index (χ0v) is 13.8. The molecule has 0 aromatic carbocycles. The van der Waals surface area contributed by atoms with Crippen LogP contribution in [-0.2, 0) is 0 Å². The van der Waals surface area contributed by atoms with Crippen molar-refractivity contribution in [2.45, 2.75) is 46.1 Å². The maximum atomic E-state index is 12.5. The highest BCUT2D eigenvalue weighted by Crippen LogP contribution is 2.24. The highest BCUT2D eigenvalue weighted by molar-refractivity contribution is 5.98. The average molecular weight is 305 g/mol. The Morgan fingerprint density at radius 1 is 1.45 bits per heavy atom. The average Bonchev–Trinajstić information content (AvgIpc) is 2.97. The molecule has 1 aliphatic heterocycles. The van der Waals surface area contributed by atoms with Crippen molar-refractivity contribution < 1.29 is 9.90 Å². The van der Waals surface area contributed by atoms with E-state index in [1.54, 1.807) is 19.2 Å². The summed E-state index contributed by atoms with van der Waals surface area (Å²) in [4.78, 5) is 19.1. The minimum Gasteiger partial charge on any atom is -0.393 e. The molecule has 0 radical (unpaired) electrons. The second-order valence-electron chi connectivity index (χ2n) is 6.97. The predicted molar refractivity (Wildman–Crippen MR) is 88.1 cm³/mol. The number of aliphatic hydroxyl groups is 1. The van der Waals surface area contributed by atoms with Gasteiger partial charge >= 0.3 is 0 Å². The van der Waals surface area contributed by atoms with Gasteiger partial charge in [-0.05, 0) is 43.7 Å². The van der Waals surface area contributed by atoms with E-state index in [-0.39, 0.29) is 17.4 Å². The first-order chi connectivity index (χ1) is 10.4. The fourth-order valence-electron chi connectivity index (χ4n) is 3.04. The number of hydrogen-bond acceptors (Lipinski definition) is 4. The molecule has 1 aliphatic rings. The van der Waals surface area contributed by atoms with Gasteiger partial charge in [0.2, 0.25) is 0 Å². The normalized spacial score (nSPS) is 16.6. The first kappa shape index (κ1) is 16.7. The molecule has 5 heteroatoms. The van der Waals surface area contributed by atoms with E-state index in [1.807, 2.05) is 19.9 Å². The second-order valence-corrected chi connectivity index (χ2v) is 6.97. The molecule has 1 atom stereocenters. The molecule has 2 rings (SSSR count). The number of rotatable bonds is 6. The van der Waals surface area contributed by atoms with Gasteiger partial charge in [0, 0.05) is 25.8 Å². The SMILES string of the molecule is CC(O)CC(C)(C)CNC(=O)c1cccnc1N1CCCC1. The Morgan fingerprint density at radius 2 is 2.14 bits per heavy atom. The molecule has 1 saturated heterocycles. The van der Waals surface area contributed by atoms with E-state index in [1.165, 1.54) is 0 Å². The number of hydrogen-bond donors (Lipinski definition) is 2. The lowest BCUT2D eigenvalue weighted by Crippen LogP contribution is -2.36. The zero-order chi connectivity index (χ0) is 16.2. The van der Waals surface area contributed by atoms with Crippen LogP contribution in [0.15, 0.2) is 18.3 Å². The van der Waals surface area contributed by atoms with Crippen LogP contribution in [0, 0.1) is 5.41 Å². The molecule has 5 nitrogen and oxygen atoms in total. The fourth-order valence-corrected chi connectivity index (χ4v) is 3.04. The predicted octanol–water partition coefficient (Wildman–Crippen LogP) is 2.21. The molecule has 0 bridgehead atoms. The summed E-state index contributed by atoms with van der Waals surface area (Å²) in [5.74, 6) is 0.694. The summed E-state index contributed by atoms with van der Waals surface area (Å²) < 4.78 is 0. The summed E-state index contributed by atoms with van der Waals surface area (Å²) in [7, 11) is 0. The topological polar surface area (TPSA) is 65.5 Å². The van der Waals surface area contributed by atoms with Crippen molar-refractivity contribution in [2.24, 2.45) is 5.41 Å². The highest BCUT2D eigenvalue weighted by Gasteiger charge is 2.24. The van der Waals surface area contributed by atoms with Crippen molar-refractivity contribution in [3.05, 3.63) is 23.9 Å². The first-order valence-electron chi connectivity index (χ1n) is 8.05. The van der Waals surface area contributed by atoms with Crippen LogP contribution in [0.3, 0.4) is 0 Å². The lowest BCUT2D eigenvalue weighted by Gasteiger charge is -2.27. The van der Waals surface area contributed by atoms with Crippen LogP contribution in [-0.4, -0.2) is 41.7 Å². The van der Waals surface area contributed by atoms with E-state index >= 15 is 0 Å². The third-order valence-corrected chi connectivity index (χ3v) is 4.01. The minimum atomic E-state index is -0.370. The van der Waals surface area contributed by atoms with Gasteiger partial charge in [0.15, 0.2) is 0 Å². The number of pyridine rings is 1. The van der Waals surface area contributed by atoms with Crippen LogP contribution in [0.1, 0.15) is 50.4 Å². The smallest absolute Gasteiger partial charge is 0.255 e. The van der Waals surface area contributed by atoms with Gasteiger partial charge < -0.3 is 15.3 Å². The molecule has 122 valence electrons. The summed E-state index contributed by atoms with van der Waals surface area (Å²) in [6.45, 7) is 8.33. The molecule has 1 aromatic rings. The largest absolute Gasteiger partial charge is 0.393 e. The Bertz CT molecular complexity index is 508. The van der Waals surface area contributed by atoms with Gasteiger partial charge in [0.25, 0.3) is 5.91 Å². The molecule has 1 aromatic heterocycles. The lowest BCUT2D eigenvalue weighted by atomic mass is 9.87. The Morgan fingerprint density at radius 3 is 2.77 bits per heavy atom. The van der Waals surface area contributed by atoms with Crippen molar-refractivity contribution >= 4 is 11.7 Å². The Labute approximate surface area is 132 Å². The number of aromatic nitrogens is 1. The van der Waals surface area contributed by atoms with Crippen LogP contribution < -0.4 is 10.2 Å². The summed E-state index contributed by atoms with van der Waals surface area (Å²) in [5.41, 5.74) is 0.497. The molecular weight excluding hydrogens is 278 g/mol. The van der Waals surface area contributed by atoms with E-state index < -0.39 is 0 Å². The molecule has 2 heterocycles. The van der Waals surface area contributed by atoms with Crippen LogP contribution >= 0.6 is 0 Å². The quantitative estimate of drug-likeness (QED) is 0.846. The highest BCUT2D eigenvalue weighted by atomic mass is 16.3. The van der Waals surface area contributed by atoms with Crippen molar-refractivity contribution in [1.29, 1.82) is 0 Å². The Kier molecular flexibility index (Phi) is 5.40. The van der Waals surface area contributed by atoms with Gasteiger partial charge in [0.05, 0.1) is 11.7 Å². The minimum absolute atomic E-state index is 0.0892. The van der Waals surface area contributed by atoms with E-state index in [9.17, 15) is 9.90 Å².